The summed E-state index contributed by atoms with van der Waals surface area (Å²) in [6.45, 7) is 3.44. The van der Waals surface area contributed by atoms with E-state index in [-0.39, 0.29) is 29.4 Å². The molecule has 3 aromatic rings. The van der Waals surface area contributed by atoms with Gasteiger partial charge in [-0.05, 0) is 43.7 Å². The van der Waals surface area contributed by atoms with E-state index in [0.29, 0.717) is 5.71 Å². The fourth-order valence-corrected chi connectivity index (χ4v) is 2.66. The number of benzene rings is 1. The highest BCUT2D eigenvalue weighted by molar-refractivity contribution is 5.99. The molecule has 0 bridgehead atoms. The Kier molecular flexibility index (Phi) is 4.82. The number of aryl methyl sites for hydroxylation is 1. The van der Waals surface area contributed by atoms with Gasteiger partial charge in [0.25, 0.3) is 5.56 Å². The number of aromatic hydroxyl groups is 1. The number of H-pyrrole nitrogens is 1. The van der Waals surface area contributed by atoms with Crippen LogP contribution in [0.3, 0.4) is 0 Å². The molecule has 0 aliphatic heterocycles. The van der Waals surface area contributed by atoms with Gasteiger partial charge in [0.15, 0.2) is 11.2 Å². The molecule has 0 fully saturated rings. The minimum absolute atomic E-state index is 0.0912. The van der Waals surface area contributed by atoms with Crippen LogP contribution in [-0.2, 0) is 13.6 Å². The number of aromatic nitrogens is 4. The third-order valence-electron chi connectivity index (χ3n) is 4.06. The standard InChI is InChI=1S/C17H20N6O4/c1-9(24)8-23-13-14(22(3)17(27)19-15(13)26)18-16(23)21-20-10(2)11-4-6-12(25)7-5-11/h4-7,9,24-25H,8H2,1-3H3,(H,18,21)(H,19,26,27)/b20-10-/t9-/m0/s1. The Labute approximate surface area is 153 Å². The lowest BCUT2D eigenvalue weighted by atomic mass is 10.1. The molecule has 0 aliphatic carbocycles. The third kappa shape index (κ3) is 3.60. The van der Waals surface area contributed by atoms with Crippen LogP contribution in [-0.4, -0.2) is 41.1 Å². The number of aliphatic hydroxyl groups excluding tert-OH is 1. The number of hydrogen-bond donors (Lipinski definition) is 4. The van der Waals surface area contributed by atoms with Crippen LogP contribution in [0.4, 0.5) is 5.95 Å². The predicted molar refractivity (Wildman–Crippen MR) is 101 cm³/mol. The first-order valence-corrected chi connectivity index (χ1v) is 8.25. The highest BCUT2D eigenvalue weighted by atomic mass is 16.3. The highest BCUT2D eigenvalue weighted by Crippen LogP contribution is 2.17. The van der Waals surface area contributed by atoms with Crippen molar-refractivity contribution in [1.82, 2.24) is 19.1 Å². The van der Waals surface area contributed by atoms with E-state index in [1.807, 2.05) is 0 Å². The van der Waals surface area contributed by atoms with Crippen molar-refractivity contribution >= 4 is 22.8 Å². The summed E-state index contributed by atoms with van der Waals surface area (Å²) < 4.78 is 2.70. The first-order valence-electron chi connectivity index (χ1n) is 8.25. The number of phenolic OH excluding ortho intramolecular Hbond substituents is 1. The van der Waals surface area contributed by atoms with Gasteiger partial charge in [0, 0.05) is 7.05 Å². The van der Waals surface area contributed by atoms with Gasteiger partial charge >= 0.3 is 5.69 Å². The number of nitrogens with one attached hydrogen (secondary N) is 2. The third-order valence-corrected chi connectivity index (χ3v) is 4.06. The fourth-order valence-electron chi connectivity index (χ4n) is 2.66. The molecule has 0 spiro atoms. The number of aliphatic hydroxyl groups is 1. The molecule has 0 unspecified atom stereocenters. The Hall–Kier alpha value is -3.40. The quantitative estimate of drug-likeness (QED) is 0.377. The Morgan fingerprint density at radius 3 is 2.63 bits per heavy atom. The maximum Gasteiger partial charge on any atom is 0.329 e. The molecule has 0 aliphatic rings. The normalized spacial score (nSPS) is 13.1. The number of anilines is 1. The van der Waals surface area contributed by atoms with Crippen LogP contribution in [0.25, 0.3) is 11.2 Å². The number of fused-ring (bicyclic) bond motifs is 1. The SMILES string of the molecule is C/C(=N/Nc1nc2c(c(=O)[nH]c(=O)n2C)n1C[C@H](C)O)c1ccc(O)cc1. The van der Waals surface area contributed by atoms with Crippen LogP contribution in [0.5, 0.6) is 5.75 Å². The average Bonchev–Trinajstić information content (AvgIpc) is 2.96. The molecular weight excluding hydrogens is 352 g/mol. The summed E-state index contributed by atoms with van der Waals surface area (Å²) in [5.41, 5.74) is 3.37. The largest absolute Gasteiger partial charge is 0.508 e. The van der Waals surface area contributed by atoms with Crippen molar-refractivity contribution in [2.75, 3.05) is 5.43 Å². The van der Waals surface area contributed by atoms with E-state index < -0.39 is 17.4 Å². The zero-order valence-electron chi connectivity index (χ0n) is 15.1. The monoisotopic (exact) mass is 372 g/mol. The smallest absolute Gasteiger partial charge is 0.329 e. The summed E-state index contributed by atoms with van der Waals surface area (Å²) in [5.74, 6) is 0.370. The van der Waals surface area contributed by atoms with Crippen molar-refractivity contribution in [3.63, 3.8) is 0 Å². The highest BCUT2D eigenvalue weighted by Gasteiger charge is 2.18. The molecule has 1 aromatic carbocycles. The minimum Gasteiger partial charge on any atom is -0.508 e. The number of hydrogen-bond acceptors (Lipinski definition) is 7. The van der Waals surface area contributed by atoms with Crippen molar-refractivity contribution in [3.8, 4) is 5.75 Å². The number of phenols is 1. The first kappa shape index (κ1) is 18.4. The molecule has 2 aromatic heterocycles. The van der Waals surface area contributed by atoms with E-state index in [1.54, 1.807) is 38.1 Å². The van der Waals surface area contributed by atoms with Gasteiger partial charge < -0.3 is 14.8 Å². The molecule has 0 saturated heterocycles. The predicted octanol–water partition coefficient (Wildman–Crippen LogP) is 0.346. The van der Waals surface area contributed by atoms with Crippen LogP contribution in [0.1, 0.15) is 19.4 Å². The second-order valence-electron chi connectivity index (χ2n) is 6.24. The van der Waals surface area contributed by atoms with Crippen molar-refractivity contribution < 1.29 is 10.2 Å². The second-order valence-corrected chi connectivity index (χ2v) is 6.24. The van der Waals surface area contributed by atoms with Gasteiger partial charge in [0.1, 0.15) is 5.75 Å². The van der Waals surface area contributed by atoms with Crippen LogP contribution in [0, 0.1) is 0 Å². The molecule has 1 atom stereocenters. The van der Waals surface area contributed by atoms with Crippen molar-refractivity contribution in [3.05, 3.63) is 50.7 Å². The van der Waals surface area contributed by atoms with Gasteiger partial charge in [-0.25, -0.2) is 10.2 Å². The molecule has 10 nitrogen and oxygen atoms in total. The van der Waals surface area contributed by atoms with Gasteiger partial charge in [-0.15, -0.1) is 0 Å². The van der Waals surface area contributed by atoms with Crippen LogP contribution >= 0.6 is 0 Å². The molecule has 27 heavy (non-hydrogen) atoms. The second kappa shape index (κ2) is 7.08. The Morgan fingerprint density at radius 2 is 2.00 bits per heavy atom. The van der Waals surface area contributed by atoms with Crippen LogP contribution < -0.4 is 16.7 Å². The van der Waals surface area contributed by atoms with Gasteiger partial charge in [0.2, 0.25) is 5.95 Å². The first-order chi connectivity index (χ1) is 12.8. The summed E-state index contributed by atoms with van der Waals surface area (Å²) in [6, 6.07) is 6.52. The Balaban J connectivity index is 2.07. The average molecular weight is 372 g/mol. The minimum atomic E-state index is -0.748. The lowest BCUT2D eigenvalue weighted by Gasteiger charge is -2.10. The number of aromatic amines is 1. The zero-order valence-corrected chi connectivity index (χ0v) is 15.1. The lowest BCUT2D eigenvalue weighted by molar-refractivity contribution is 0.175. The van der Waals surface area contributed by atoms with Crippen molar-refractivity contribution in [1.29, 1.82) is 0 Å². The molecule has 142 valence electrons. The fraction of sp³-hybridized carbons (Fsp3) is 0.294. The summed E-state index contributed by atoms with van der Waals surface area (Å²) in [6.07, 6.45) is -0.748. The van der Waals surface area contributed by atoms with E-state index in [9.17, 15) is 19.8 Å². The maximum absolute atomic E-state index is 12.3. The summed E-state index contributed by atoms with van der Waals surface area (Å²) in [5, 5.41) is 23.4. The molecule has 2 heterocycles. The van der Waals surface area contributed by atoms with E-state index in [2.05, 4.69) is 20.5 Å². The molecule has 10 heteroatoms. The van der Waals surface area contributed by atoms with Crippen molar-refractivity contribution in [2.45, 2.75) is 26.5 Å². The topological polar surface area (TPSA) is 138 Å². The molecular formula is C17H20N6O4. The van der Waals surface area contributed by atoms with Crippen molar-refractivity contribution in [2.24, 2.45) is 12.1 Å². The maximum atomic E-state index is 12.3. The summed E-state index contributed by atoms with van der Waals surface area (Å²) >= 11 is 0. The van der Waals surface area contributed by atoms with Gasteiger partial charge in [-0.2, -0.15) is 10.1 Å². The zero-order chi connectivity index (χ0) is 19.7. The number of hydrazone groups is 1. The van der Waals surface area contributed by atoms with E-state index in [4.69, 9.17) is 0 Å². The Morgan fingerprint density at radius 1 is 1.33 bits per heavy atom. The van der Waals surface area contributed by atoms with Crippen LogP contribution in [0.15, 0.2) is 39.0 Å². The number of nitrogens with zero attached hydrogens (tertiary/aromatic N) is 4. The lowest BCUT2D eigenvalue weighted by Crippen LogP contribution is -2.29. The molecule has 0 radical (unpaired) electrons. The van der Waals surface area contributed by atoms with Gasteiger partial charge in [-0.3, -0.25) is 14.3 Å². The molecule has 3 rings (SSSR count). The summed E-state index contributed by atoms with van der Waals surface area (Å²) in [4.78, 5) is 30.6. The van der Waals surface area contributed by atoms with Gasteiger partial charge in [-0.1, -0.05) is 0 Å². The molecule has 4 N–H and O–H groups in total. The molecule has 0 saturated carbocycles. The van der Waals surface area contributed by atoms with Crippen LogP contribution in [0.2, 0.25) is 0 Å². The number of imidazole rings is 1. The molecule has 0 amide bonds. The number of rotatable bonds is 5. The summed E-state index contributed by atoms with van der Waals surface area (Å²) in [7, 11) is 1.50. The van der Waals surface area contributed by atoms with E-state index >= 15 is 0 Å². The Bertz CT molecular complexity index is 1120. The van der Waals surface area contributed by atoms with E-state index in [1.165, 1.54) is 16.2 Å². The van der Waals surface area contributed by atoms with E-state index in [0.717, 1.165) is 5.56 Å². The van der Waals surface area contributed by atoms with Gasteiger partial charge in [0.05, 0.1) is 18.4 Å².